The molecule has 0 spiro atoms. The Labute approximate surface area is 82.0 Å². The summed E-state index contributed by atoms with van der Waals surface area (Å²) < 4.78 is 0. The molecule has 0 N–H and O–H groups in total. The summed E-state index contributed by atoms with van der Waals surface area (Å²) >= 11 is 0. The van der Waals surface area contributed by atoms with Crippen LogP contribution in [0, 0.1) is 6.42 Å². The van der Waals surface area contributed by atoms with E-state index < -0.39 is 0 Å². The van der Waals surface area contributed by atoms with Crippen LogP contribution in [0.1, 0.15) is 38.5 Å². The fourth-order valence-corrected chi connectivity index (χ4v) is 1.34. The minimum atomic E-state index is 1.10. The van der Waals surface area contributed by atoms with Crippen molar-refractivity contribution in [3.63, 3.8) is 0 Å². The van der Waals surface area contributed by atoms with Gasteiger partial charge in [-0.1, -0.05) is 36.5 Å². The zero-order valence-corrected chi connectivity index (χ0v) is 8.28. The van der Waals surface area contributed by atoms with Crippen molar-refractivity contribution in [3.05, 3.63) is 42.9 Å². The molecule has 0 saturated carbocycles. The zero-order chi connectivity index (χ0) is 9.19. The predicted molar refractivity (Wildman–Crippen MR) is 59.4 cm³/mol. The van der Waals surface area contributed by atoms with E-state index in [4.69, 9.17) is 0 Å². The molecule has 0 saturated heterocycles. The van der Waals surface area contributed by atoms with E-state index in [-0.39, 0.29) is 0 Å². The van der Waals surface area contributed by atoms with Gasteiger partial charge < -0.3 is 0 Å². The van der Waals surface area contributed by atoms with Crippen LogP contribution in [-0.2, 0) is 0 Å². The molecule has 13 heavy (non-hydrogen) atoms. The Hall–Kier alpha value is -0.780. The van der Waals surface area contributed by atoms with Crippen LogP contribution in [0.15, 0.2) is 36.5 Å². The minimum Gasteiger partial charge on any atom is -0.0885 e. The van der Waals surface area contributed by atoms with Crippen molar-refractivity contribution in [2.24, 2.45) is 0 Å². The van der Waals surface area contributed by atoms with Crippen molar-refractivity contribution in [2.45, 2.75) is 38.5 Å². The molecule has 1 aliphatic carbocycles. The van der Waals surface area contributed by atoms with E-state index in [1.165, 1.54) is 19.3 Å². The summed E-state index contributed by atoms with van der Waals surface area (Å²) in [6.45, 7) is 0. The lowest BCUT2D eigenvalue weighted by Crippen LogP contribution is -1.71. The molecule has 71 valence electrons. The quantitative estimate of drug-likeness (QED) is 0.484. The summed E-state index contributed by atoms with van der Waals surface area (Å²) in [4.78, 5) is 0. The van der Waals surface area contributed by atoms with Gasteiger partial charge in [-0.25, -0.2) is 0 Å². The molecule has 1 aliphatic rings. The molecule has 0 aromatic rings. The van der Waals surface area contributed by atoms with E-state index in [1.54, 1.807) is 0 Å². The largest absolute Gasteiger partial charge is 0.0885 e. The molecule has 0 heteroatoms. The summed E-state index contributed by atoms with van der Waals surface area (Å²) in [5.41, 5.74) is 0. The van der Waals surface area contributed by atoms with Crippen LogP contribution in [0.5, 0.6) is 0 Å². The molecule has 1 rings (SSSR count). The average Bonchev–Trinajstić information content (AvgIpc) is 2.18. The van der Waals surface area contributed by atoms with Crippen LogP contribution >= 0.6 is 0 Å². The van der Waals surface area contributed by atoms with E-state index in [0.29, 0.717) is 0 Å². The molecule has 0 aromatic heterocycles. The molecule has 0 aliphatic heterocycles. The van der Waals surface area contributed by atoms with Crippen molar-refractivity contribution in [1.82, 2.24) is 0 Å². The molecule has 0 bridgehead atoms. The molecule has 1 radical (unpaired) electrons. The third-order valence-electron chi connectivity index (χ3n) is 2.12. The summed E-state index contributed by atoms with van der Waals surface area (Å²) in [7, 11) is 0. The Bertz CT molecular complexity index is 164. The highest BCUT2D eigenvalue weighted by Gasteiger charge is 1.84. The van der Waals surface area contributed by atoms with Crippen LogP contribution in [0.3, 0.4) is 0 Å². The highest BCUT2D eigenvalue weighted by molar-refractivity contribution is 4.97. The van der Waals surface area contributed by atoms with Gasteiger partial charge in [-0.05, 0) is 44.9 Å². The number of allylic oxidation sites excluding steroid dienone is 6. The molecular weight excluding hydrogens is 156 g/mol. The molecule has 0 aromatic carbocycles. The summed E-state index contributed by atoms with van der Waals surface area (Å²) in [5.74, 6) is 0. The van der Waals surface area contributed by atoms with Crippen molar-refractivity contribution < 1.29 is 0 Å². The highest BCUT2D eigenvalue weighted by Crippen LogP contribution is 2.03. The van der Waals surface area contributed by atoms with Gasteiger partial charge in [0.2, 0.25) is 0 Å². The Kier molecular flexibility index (Phi) is 6.22. The van der Waals surface area contributed by atoms with E-state index in [1.807, 2.05) is 0 Å². The van der Waals surface area contributed by atoms with Gasteiger partial charge in [-0.3, -0.25) is 0 Å². The van der Waals surface area contributed by atoms with Crippen molar-refractivity contribution in [2.75, 3.05) is 0 Å². The second kappa shape index (κ2) is 7.85. The standard InChI is InChI=1S/C13H19/c1-2-4-6-8-10-12-13-11-9-7-5-3-1/h1-2,5-7,10,12H,3-4,8-9,11,13H2/b2-1-,7-5-,12-10+. The maximum atomic E-state index is 2.31. The number of rotatable bonds is 0. The molecule has 0 nitrogen and oxygen atoms in total. The molecular formula is C13H19. The fourth-order valence-electron chi connectivity index (χ4n) is 1.34. The van der Waals surface area contributed by atoms with Crippen molar-refractivity contribution >= 4 is 0 Å². The molecule has 0 heterocycles. The Balaban J connectivity index is 2.27. The second-order valence-corrected chi connectivity index (χ2v) is 3.34. The zero-order valence-electron chi connectivity index (χ0n) is 8.28. The summed E-state index contributed by atoms with van der Waals surface area (Å²) in [6, 6.07) is 0. The summed E-state index contributed by atoms with van der Waals surface area (Å²) in [5, 5.41) is 0. The van der Waals surface area contributed by atoms with Gasteiger partial charge in [0.05, 0.1) is 0 Å². The third-order valence-corrected chi connectivity index (χ3v) is 2.12. The molecule has 0 atom stereocenters. The first kappa shape index (κ1) is 10.3. The smallest absolute Gasteiger partial charge is 0.0169 e. The van der Waals surface area contributed by atoms with Crippen LogP contribution < -0.4 is 0 Å². The topological polar surface area (TPSA) is 0 Å². The van der Waals surface area contributed by atoms with Gasteiger partial charge in [0.15, 0.2) is 0 Å². The van der Waals surface area contributed by atoms with Crippen LogP contribution in [0.2, 0.25) is 0 Å². The van der Waals surface area contributed by atoms with Crippen LogP contribution in [0.4, 0.5) is 0 Å². The molecule has 0 amide bonds. The first-order chi connectivity index (χ1) is 6.50. The third kappa shape index (κ3) is 6.39. The summed E-state index contributed by atoms with van der Waals surface area (Å²) in [6.07, 6.45) is 23.0. The van der Waals surface area contributed by atoms with Gasteiger partial charge in [0.25, 0.3) is 0 Å². The lowest BCUT2D eigenvalue weighted by atomic mass is 10.2. The molecule has 0 unspecified atom stereocenters. The van der Waals surface area contributed by atoms with Crippen LogP contribution in [-0.4, -0.2) is 0 Å². The predicted octanol–water partition coefficient (Wildman–Crippen LogP) is 4.21. The maximum absolute atomic E-state index is 2.31. The number of hydrogen-bond acceptors (Lipinski definition) is 0. The van der Waals surface area contributed by atoms with E-state index in [2.05, 4.69) is 42.9 Å². The minimum absolute atomic E-state index is 1.10. The SMILES string of the molecule is [CH]1C/C=C\C/C=C\CCC/C=C/C1. The molecule has 0 fully saturated rings. The van der Waals surface area contributed by atoms with E-state index in [0.717, 1.165) is 19.3 Å². The lowest BCUT2D eigenvalue weighted by molar-refractivity contribution is 0.863. The highest BCUT2D eigenvalue weighted by atomic mass is 13.9. The normalized spacial score (nSPS) is 27.7. The Morgan fingerprint density at radius 3 is 1.85 bits per heavy atom. The first-order valence-electron chi connectivity index (χ1n) is 5.27. The van der Waals surface area contributed by atoms with Gasteiger partial charge in [0.1, 0.15) is 0 Å². The monoisotopic (exact) mass is 175 g/mol. The second-order valence-electron chi connectivity index (χ2n) is 3.34. The van der Waals surface area contributed by atoms with Gasteiger partial charge in [-0.15, -0.1) is 0 Å². The van der Waals surface area contributed by atoms with Gasteiger partial charge >= 0.3 is 0 Å². The average molecular weight is 175 g/mol. The maximum Gasteiger partial charge on any atom is -0.0169 e. The van der Waals surface area contributed by atoms with Crippen molar-refractivity contribution in [1.29, 1.82) is 0 Å². The van der Waals surface area contributed by atoms with Crippen molar-refractivity contribution in [3.8, 4) is 0 Å². The first-order valence-corrected chi connectivity index (χ1v) is 5.27. The number of hydrogen-bond donors (Lipinski definition) is 0. The van der Waals surface area contributed by atoms with E-state index in [9.17, 15) is 0 Å². The Morgan fingerprint density at radius 2 is 1.08 bits per heavy atom. The lowest BCUT2D eigenvalue weighted by Gasteiger charge is -1.90. The van der Waals surface area contributed by atoms with E-state index >= 15 is 0 Å². The fraction of sp³-hybridized carbons (Fsp3) is 0.462. The van der Waals surface area contributed by atoms with Gasteiger partial charge in [-0.2, -0.15) is 0 Å². The van der Waals surface area contributed by atoms with Crippen LogP contribution in [0.25, 0.3) is 0 Å². The van der Waals surface area contributed by atoms with Gasteiger partial charge in [0, 0.05) is 0 Å². The Morgan fingerprint density at radius 1 is 0.538 bits per heavy atom.